The molecule has 0 atom stereocenters. The van der Waals surface area contributed by atoms with E-state index in [0.29, 0.717) is 16.7 Å². The van der Waals surface area contributed by atoms with Gasteiger partial charge in [0.2, 0.25) is 0 Å². The van der Waals surface area contributed by atoms with Gasteiger partial charge in [-0.05, 0) is 49.9 Å². The minimum Gasteiger partial charge on any atom is -0.461 e. The lowest BCUT2D eigenvalue weighted by Crippen LogP contribution is -2.10. The van der Waals surface area contributed by atoms with Crippen LogP contribution in [0.4, 0.5) is 5.13 Å². The minimum absolute atomic E-state index is 0.250. The molecule has 3 aromatic heterocycles. The van der Waals surface area contributed by atoms with Crippen molar-refractivity contribution in [3.63, 3.8) is 0 Å². The SMILES string of the molecule is O=C(Nc1nc2c(s1)CCCC2)c1ccc(-c2ccco2)o1. The van der Waals surface area contributed by atoms with Gasteiger partial charge in [0.15, 0.2) is 22.4 Å². The molecule has 3 heterocycles. The number of aromatic nitrogens is 1. The number of anilines is 1. The van der Waals surface area contributed by atoms with Crippen LogP contribution in [-0.4, -0.2) is 10.9 Å². The molecule has 0 fully saturated rings. The third-order valence-electron chi connectivity index (χ3n) is 3.66. The van der Waals surface area contributed by atoms with Gasteiger partial charge in [0.25, 0.3) is 5.91 Å². The van der Waals surface area contributed by atoms with Crippen molar-refractivity contribution in [2.45, 2.75) is 25.7 Å². The van der Waals surface area contributed by atoms with Crippen LogP contribution in [0.25, 0.3) is 11.5 Å². The predicted molar refractivity (Wildman–Crippen MR) is 83.1 cm³/mol. The lowest BCUT2D eigenvalue weighted by atomic mass is 10.0. The van der Waals surface area contributed by atoms with E-state index in [4.69, 9.17) is 8.83 Å². The molecule has 0 saturated carbocycles. The molecule has 0 aliphatic heterocycles. The Labute approximate surface area is 131 Å². The standard InChI is InChI=1S/C16H14N2O3S/c19-15(13-8-7-12(21-13)11-5-3-9-20-11)18-16-17-10-4-1-2-6-14(10)22-16/h3,5,7-9H,1-2,4,6H2,(H,17,18,19). The van der Waals surface area contributed by atoms with E-state index in [1.54, 1.807) is 41.9 Å². The van der Waals surface area contributed by atoms with E-state index in [-0.39, 0.29) is 11.7 Å². The molecule has 1 amide bonds. The molecule has 112 valence electrons. The summed E-state index contributed by atoms with van der Waals surface area (Å²) in [5, 5.41) is 3.46. The van der Waals surface area contributed by atoms with Crippen molar-refractivity contribution in [2.24, 2.45) is 0 Å². The molecule has 22 heavy (non-hydrogen) atoms. The molecule has 3 aromatic rings. The van der Waals surface area contributed by atoms with Crippen molar-refractivity contribution < 1.29 is 13.6 Å². The van der Waals surface area contributed by atoms with Crippen LogP contribution in [0.15, 0.2) is 39.4 Å². The van der Waals surface area contributed by atoms with Crippen molar-refractivity contribution in [3.8, 4) is 11.5 Å². The maximum atomic E-state index is 12.2. The Balaban J connectivity index is 1.51. The number of thiazole rings is 1. The number of rotatable bonds is 3. The van der Waals surface area contributed by atoms with Crippen LogP contribution < -0.4 is 5.32 Å². The van der Waals surface area contributed by atoms with Crippen molar-refractivity contribution in [1.82, 2.24) is 4.98 Å². The van der Waals surface area contributed by atoms with Gasteiger partial charge in [-0.3, -0.25) is 10.1 Å². The summed E-state index contributed by atoms with van der Waals surface area (Å²) in [7, 11) is 0. The smallest absolute Gasteiger partial charge is 0.293 e. The molecule has 4 rings (SSSR count). The number of carbonyl (C=O) groups excluding carboxylic acids is 1. The van der Waals surface area contributed by atoms with E-state index in [0.717, 1.165) is 18.5 Å². The third-order valence-corrected chi connectivity index (χ3v) is 4.73. The molecule has 0 radical (unpaired) electrons. The summed E-state index contributed by atoms with van der Waals surface area (Å²) in [5.74, 6) is 1.10. The zero-order valence-electron chi connectivity index (χ0n) is 11.8. The average Bonchev–Trinajstić information content (AvgIpc) is 3.26. The molecule has 0 unspecified atom stereocenters. The monoisotopic (exact) mass is 314 g/mol. The van der Waals surface area contributed by atoms with Gasteiger partial charge in [-0.15, -0.1) is 11.3 Å². The van der Waals surface area contributed by atoms with Crippen molar-refractivity contribution >= 4 is 22.4 Å². The summed E-state index contributed by atoms with van der Waals surface area (Å²) in [4.78, 5) is 18.0. The number of hydrogen-bond donors (Lipinski definition) is 1. The summed E-state index contributed by atoms with van der Waals surface area (Å²) >= 11 is 1.56. The van der Waals surface area contributed by atoms with Gasteiger partial charge in [-0.2, -0.15) is 0 Å². The second-order valence-electron chi connectivity index (χ2n) is 5.19. The van der Waals surface area contributed by atoms with Gasteiger partial charge in [-0.25, -0.2) is 4.98 Å². The normalized spacial score (nSPS) is 13.8. The maximum absolute atomic E-state index is 12.2. The molecule has 6 heteroatoms. The molecule has 0 spiro atoms. The first kappa shape index (κ1) is 13.3. The molecular formula is C16H14N2O3S. The van der Waals surface area contributed by atoms with Gasteiger partial charge < -0.3 is 8.83 Å². The molecular weight excluding hydrogens is 300 g/mol. The lowest BCUT2D eigenvalue weighted by Gasteiger charge is -2.06. The molecule has 0 aromatic carbocycles. The number of furan rings is 2. The Morgan fingerprint density at radius 3 is 2.91 bits per heavy atom. The molecule has 0 bridgehead atoms. The first-order valence-corrected chi connectivity index (χ1v) is 8.05. The van der Waals surface area contributed by atoms with Gasteiger partial charge in [-0.1, -0.05) is 0 Å². The number of amides is 1. The highest BCUT2D eigenvalue weighted by Crippen LogP contribution is 2.30. The quantitative estimate of drug-likeness (QED) is 0.789. The van der Waals surface area contributed by atoms with Crippen LogP contribution in [0.1, 0.15) is 34.0 Å². The van der Waals surface area contributed by atoms with Crippen molar-refractivity contribution in [3.05, 3.63) is 46.9 Å². The summed E-state index contributed by atoms with van der Waals surface area (Å²) in [6.07, 6.45) is 6.01. The number of aryl methyl sites for hydroxylation is 2. The molecule has 0 saturated heterocycles. The van der Waals surface area contributed by atoms with Gasteiger partial charge in [0.05, 0.1) is 12.0 Å². The van der Waals surface area contributed by atoms with E-state index >= 15 is 0 Å². The number of nitrogens with one attached hydrogen (secondary N) is 1. The zero-order chi connectivity index (χ0) is 14.9. The summed E-state index contributed by atoms with van der Waals surface area (Å²) in [5.41, 5.74) is 1.13. The second-order valence-corrected chi connectivity index (χ2v) is 6.27. The fourth-order valence-corrected chi connectivity index (χ4v) is 3.62. The van der Waals surface area contributed by atoms with Crippen LogP contribution in [0.5, 0.6) is 0 Å². The first-order chi connectivity index (χ1) is 10.8. The lowest BCUT2D eigenvalue weighted by molar-refractivity contribution is 0.0997. The highest BCUT2D eigenvalue weighted by Gasteiger charge is 2.18. The molecule has 1 N–H and O–H groups in total. The summed E-state index contributed by atoms with van der Waals surface area (Å²) in [6, 6.07) is 6.93. The average molecular weight is 314 g/mol. The minimum atomic E-state index is -0.288. The highest BCUT2D eigenvalue weighted by atomic mass is 32.1. The predicted octanol–water partition coefficient (Wildman–Crippen LogP) is 4.13. The van der Waals surface area contributed by atoms with Gasteiger partial charge in [0.1, 0.15) is 0 Å². The highest BCUT2D eigenvalue weighted by molar-refractivity contribution is 7.15. The van der Waals surface area contributed by atoms with Crippen LogP contribution in [0, 0.1) is 0 Å². The topological polar surface area (TPSA) is 68.3 Å². The Hall–Kier alpha value is -2.34. The summed E-state index contributed by atoms with van der Waals surface area (Å²) in [6.45, 7) is 0. The number of nitrogens with zero attached hydrogens (tertiary/aromatic N) is 1. The largest absolute Gasteiger partial charge is 0.461 e. The number of fused-ring (bicyclic) bond motifs is 1. The summed E-state index contributed by atoms with van der Waals surface area (Å²) < 4.78 is 10.8. The second kappa shape index (κ2) is 5.46. The van der Waals surface area contributed by atoms with E-state index < -0.39 is 0 Å². The van der Waals surface area contributed by atoms with E-state index in [9.17, 15) is 4.79 Å². The van der Waals surface area contributed by atoms with Crippen molar-refractivity contribution in [2.75, 3.05) is 5.32 Å². The van der Waals surface area contributed by atoms with Crippen molar-refractivity contribution in [1.29, 1.82) is 0 Å². The zero-order valence-corrected chi connectivity index (χ0v) is 12.6. The number of carbonyl (C=O) groups is 1. The third kappa shape index (κ3) is 2.46. The fraction of sp³-hybridized carbons (Fsp3) is 0.250. The Morgan fingerprint density at radius 2 is 2.09 bits per heavy atom. The van der Waals surface area contributed by atoms with Crippen LogP contribution >= 0.6 is 11.3 Å². The Kier molecular flexibility index (Phi) is 3.31. The maximum Gasteiger partial charge on any atom is 0.293 e. The Bertz CT molecular complexity index is 778. The van der Waals surface area contributed by atoms with E-state index in [1.807, 2.05) is 0 Å². The van der Waals surface area contributed by atoms with E-state index in [1.165, 1.54) is 17.7 Å². The molecule has 1 aliphatic carbocycles. The van der Waals surface area contributed by atoms with E-state index in [2.05, 4.69) is 10.3 Å². The van der Waals surface area contributed by atoms with Gasteiger partial charge >= 0.3 is 0 Å². The molecule has 5 nitrogen and oxygen atoms in total. The fourth-order valence-electron chi connectivity index (χ4n) is 2.58. The van der Waals surface area contributed by atoms with Crippen LogP contribution in [0.2, 0.25) is 0 Å². The Morgan fingerprint density at radius 1 is 1.18 bits per heavy atom. The van der Waals surface area contributed by atoms with Gasteiger partial charge in [0, 0.05) is 4.88 Å². The van der Waals surface area contributed by atoms with Crippen LogP contribution in [-0.2, 0) is 12.8 Å². The molecule has 1 aliphatic rings. The number of hydrogen-bond acceptors (Lipinski definition) is 5. The van der Waals surface area contributed by atoms with Crippen LogP contribution in [0.3, 0.4) is 0 Å². The first-order valence-electron chi connectivity index (χ1n) is 7.23.